The Hall–Kier alpha value is -2.93. The minimum absolute atomic E-state index is 0.0161. The number of thioether (sulfide) groups is 1. The Kier molecular flexibility index (Phi) is 5.71. The number of hydrogen-bond acceptors (Lipinski definition) is 6. The van der Waals surface area contributed by atoms with Crippen molar-refractivity contribution in [3.8, 4) is 11.5 Å². The number of rotatable bonds is 6. The summed E-state index contributed by atoms with van der Waals surface area (Å²) in [6.07, 6.45) is 0. The predicted molar refractivity (Wildman–Crippen MR) is 105 cm³/mol. The van der Waals surface area contributed by atoms with Gasteiger partial charge in [-0.05, 0) is 57.2 Å². The first-order valence-corrected chi connectivity index (χ1v) is 9.29. The lowest BCUT2D eigenvalue weighted by Crippen LogP contribution is -2.22. The third-order valence-corrected chi connectivity index (χ3v) is 4.85. The molecule has 1 N–H and O–H groups in total. The smallest absolute Gasteiger partial charge is 0.277 e. The van der Waals surface area contributed by atoms with E-state index in [0.717, 1.165) is 11.1 Å². The van der Waals surface area contributed by atoms with Crippen molar-refractivity contribution in [1.29, 1.82) is 0 Å². The zero-order valence-electron chi connectivity index (χ0n) is 15.2. The van der Waals surface area contributed by atoms with Gasteiger partial charge < -0.3 is 9.73 Å². The second kappa shape index (κ2) is 8.18. The summed E-state index contributed by atoms with van der Waals surface area (Å²) < 4.78 is 5.65. The molecular formula is C20H19N3O3S. The average molecular weight is 381 g/mol. The number of carbonyl (C=O) groups is 2. The van der Waals surface area contributed by atoms with E-state index in [4.69, 9.17) is 4.42 Å². The first-order valence-electron chi connectivity index (χ1n) is 8.41. The molecule has 0 spiro atoms. The number of Topliss-reactive ketones (excluding diaryl/α,β-unsaturated/α-hetero) is 1. The van der Waals surface area contributed by atoms with Crippen molar-refractivity contribution in [1.82, 2.24) is 10.2 Å². The van der Waals surface area contributed by atoms with Crippen molar-refractivity contribution >= 4 is 29.1 Å². The summed E-state index contributed by atoms with van der Waals surface area (Å²) in [4.78, 5) is 23.7. The summed E-state index contributed by atoms with van der Waals surface area (Å²) in [5.74, 6) is 0.216. The number of carbonyl (C=O) groups excluding carboxylic acids is 2. The van der Waals surface area contributed by atoms with Crippen molar-refractivity contribution in [2.24, 2.45) is 0 Å². The summed E-state index contributed by atoms with van der Waals surface area (Å²) >= 11 is 1.19. The summed E-state index contributed by atoms with van der Waals surface area (Å²) in [5.41, 5.74) is 3.21. The van der Waals surface area contributed by atoms with Crippen LogP contribution in [0.2, 0.25) is 0 Å². The zero-order valence-corrected chi connectivity index (χ0v) is 16.0. The highest BCUT2D eigenvalue weighted by Gasteiger charge is 2.19. The number of nitrogens with one attached hydrogen (secondary N) is 1. The molecule has 2 aromatic carbocycles. The van der Waals surface area contributed by atoms with E-state index in [2.05, 4.69) is 15.5 Å². The molecule has 27 heavy (non-hydrogen) atoms. The molecule has 3 aromatic rings. The van der Waals surface area contributed by atoms with Crippen LogP contribution in [0.1, 0.15) is 29.8 Å². The maximum absolute atomic E-state index is 12.4. The number of hydrogen-bond donors (Lipinski definition) is 1. The maximum Gasteiger partial charge on any atom is 0.277 e. The number of nitrogens with zero attached hydrogens (tertiary/aromatic N) is 2. The summed E-state index contributed by atoms with van der Waals surface area (Å²) in [5, 5.41) is 10.8. The molecule has 1 aromatic heterocycles. The van der Waals surface area contributed by atoms with Crippen molar-refractivity contribution in [3.05, 3.63) is 59.7 Å². The lowest BCUT2D eigenvalue weighted by Gasteiger charge is -2.10. The number of anilines is 1. The first kappa shape index (κ1) is 18.8. The molecule has 0 fully saturated rings. The maximum atomic E-state index is 12.4. The van der Waals surface area contributed by atoms with E-state index in [9.17, 15) is 9.59 Å². The van der Waals surface area contributed by atoms with Gasteiger partial charge in [0.1, 0.15) is 0 Å². The minimum atomic E-state index is -0.427. The number of ketones is 1. The van der Waals surface area contributed by atoms with Gasteiger partial charge in [0.15, 0.2) is 5.78 Å². The minimum Gasteiger partial charge on any atom is -0.411 e. The van der Waals surface area contributed by atoms with Crippen molar-refractivity contribution < 1.29 is 14.0 Å². The van der Waals surface area contributed by atoms with E-state index in [1.807, 2.05) is 31.2 Å². The van der Waals surface area contributed by atoms with E-state index in [-0.39, 0.29) is 11.7 Å². The second-order valence-corrected chi connectivity index (χ2v) is 7.41. The Balaban J connectivity index is 1.61. The molecule has 0 saturated heterocycles. The highest BCUT2D eigenvalue weighted by atomic mass is 32.2. The van der Waals surface area contributed by atoms with Gasteiger partial charge in [0.05, 0.1) is 5.25 Å². The number of amides is 1. The largest absolute Gasteiger partial charge is 0.411 e. The van der Waals surface area contributed by atoms with Gasteiger partial charge in [-0.25, -0.2) is 0 Å². The van der Waals surface area contributed by atoms with E-state index in [0.29, 0.717) is 22.4 Å². The van der Waals surface area contributed by atoms with Crippen LogP contribution in [0.4, 0.5) is 5.69 Å². The second-order valence-electron chi connectivity index (χ2n) is 6.12. The Labute approximate surface area is 161 Å². The predicted octanol–water partition coefficient (Wildman–Crippen LogP) is 4.37. The van der Waals surface area contributed by atoms with Crippen LogP contribution in [0.15, 0.2) is 58.2 Å². The van der Waals surface area contributed by atoms with Gasteiger partial charge in [-0.1, -0.05) is 29.5 Å². The lowest BCUT2D eigenvalue weighted by molar-refractivity contribution is -0.115. The molecule has 0 saturated carbocycles. The van der Waals surface area contributed by atoms with Gasteiger partial charge >= 0.3 is 0 Å². The van der Waals surface area contributed by atoms with Crippen LogP contribution < -0.4 is 5.32 Å². The Bertz CT molecular complexity index is 949. The lowest BCUT2D eigenvalue weighted by atomic mass is 10.1. The zero-order chi connectivity index (χ0) is 19.4. The molecule has 6 nitrogen and oxygen atoms in total. The van der Waals surface area contributed by atoms with E-state index in [1.165, 1.54) is 18.7 Å². The standard InChI is InChI=1S/C20H19N3O3S/c1-12-4-6-16(7-5-12)19-22-23-20(26-19)27-14(3)18(25)21-17-10-8-15(9-11-17)13(2)24/h4-11,14H,1-3H3,(H,21,25)/t14-/m1/s1. The molecule has 0 radical (unpaired) electrons. The Morgan fingerprint density at radius 3 is 2.33 bits per heavy atom. The molecule has 1 atom stereocenters. The van der Waals surface area contributed by atoms with Crippen LogP contribution in [-0.2, 0) is 4.79 Å². The highest BCUT2D eigenvalue weighted by molar-refractivity contribution is 8.00. The molecular weight excluding hydrogens is 362 g/mol. The fraction of sp³-hybridized carbons (Fsp3) is 0.200. The monoisotopic (exact) mass is 381 g/mol. The van der Waals surface area contributed by atoms with Crippen LogP contribution >= 0.6 is 11.8 Å². The van der Waals surface area contributed by atoms with Crippen LogP contribution in [0.25, 0.3) is 11.5 Å². The average Bonchev–Trinajstić information content (AvgIpc) is 3.11. The van der Waals surface area contributed by atoms with Gasteiger partial charge in [0.2, 0.25) is 11.8 Å². The van der Waals surface area contributed by atoms with E-state index in [1.54, 1.807) is 31.2 Å². The Morgan fingerprint density at radius 1 is 1.04 bits per heavy atom. The van der Waals surface area contributed by atoms with Gasteiger partial charge in [-0.3, -0.25) is 9.59 Å². The third-order valence-electron chi connectivity index (χ3n) is 3.91. The quantitative estimate of drug-likeness (QED) is 0.504. The van der Waals surface area contributed by atoms with Crippen LogP contribution in [0.3, 0.4) is 0 Å². The molecule has 0 aliphatic rings. The van der Waals surface area contributed by atoms with Gasteiger partial charge in [-0.15, -0.1) is 10.2 Å². The number of aromatic nitrogens is 2. The molecule has 1 heterocycles. The van der Waals surface area contributed by atoms with Crippen LogP contribution in [0.5, 0.6) is 0 Å². The van der Waals surface area contributed by atoms with Gasteiger partial charge in [-0.2, -0.15) is 0 Å². The van der Waals surface area contributed by atoms with Crippen molar-refractivity contribution in [2.75, 3.05) is 5.32 Å². The third kappa shape index (κ3) is 4.83. The molecule has 0 bridgehead atoms. The molecule has 1 amide bonds. The fourth-order valence-electron chi connectivity index (χ4n) is 2.31. The highest BCUT2D eigenvalue weighted by Crippen LogP contribution is 2.27. The van der Waals surface area contributed by atoms with Gasteiger partial charge in [0, 0.05) is 16.8 Å². The summed E-state index contributed by atoms with van der Waals surface area (Å²) in [6, 6.07) is 14.5. The van der Waals surface area contributed by atoms with Crippen LogP contribution in [0, 0.1) is 6.92 Å². The van der Waals surface area contributed by atoms with Gasteiger partial charge in [0.25, 0.3) is 5.22 Å². The SMILES string of the molecule is CC(=O)c1ccc(NC(=O)[C@@H](C)Sc2nnc(-c3ccc(C)cc3)o2)cc1. The molecule has 0 unspecified atom stereocenters. The molecule has 3 rings (SSSR count). The topological polar surface area (TPSA) is 85.1 Å². The van der Waals surface area contributed by atoms with Crippen molar-refractivity contribution in [3.63, 3.8) is 0 Å². The first-order chi connectivity index (χ1) is 12.9. The molecule has 138 valence electrons. The fourth-order valence-corrected chi connectivity index (χ4v) is 2.99. The molecule has 7 heteroatoms. The molecule has 0 aliphatic carbocycles. The van der Waals surface area contributed by atoms with Crippen molar-refractivity contribution in [2.45, 2.75) is 31.2 Å². The number of benzene rings is 2. The van der Waals surface area contributed by atoms with E-state index < -0.39 is 5.25 Å². The summed E-state index contributed by atoms with van der Waals surface area (Å²) in [7, 11) is 0. The molecule has 0 aliphatic heterocycles. The Morgan fingerprint density at radius 2 is 1.70 bits per heavy atom. The normalized spacial score (nSPS) is 11.8. The van der Waals surface area contributed by atoms with Crippen LogP contribution in [-0.4, -0.2) is 27.1 Å². The number of aryl methyl sites for hydroxylation is 1. The van der Waals surface area contributed by atoms with E-state index >= 15 is 0 Å². The summed E-state index contributed by atoms with van der Waals surface area (Å²) in [6.45, 7) is 5.27.